The van der Waals surface area contributed by atoms with Crippen molar-refractivity contribution in [2.45, 2.75) is 20.0 Å². The van der Waals surface area contributed by atoms with E-state index < -0.39 is 17.8 Å². The molecular formula is C20H16ClF3N6O. The lowest BCUT2D eigenvalue weighted by Gasteiger charge is -2.11. The van der Waals surface area contributed by atoms with E-state index in [2.05, 4.69) is 20.5 Å². The van der Waals surface area contributed by atoms with Crippen LogP contribution >= 0.6 is 11.6 Å². The van der Waals surface area contributed by atoms with Gasteiger partial charge in [0.15, 0.2) is 17.0 Å². The molecule has 4 aromatic rings. The molecule has 0 bridgehead atoms. The van der Waals surface area contributed by atoms with Crippen molar-refractivity contribution in [3.05, 3.63) is 64.2 Å². The lowest BCUT2D eigenvalue weighted by atomic mass is 10.1. The highest BCUT2D eigenvalue weighted by molar-refractivity contribution is 6.30. The Hall–Kier alpha value is -3.40. The average Bonchev–Trinajstić information content (AvgIpc) is 3.23. The Morgan fingerprint density at radius 3 is 2.35 bits per heavy atom. The number of nitrogens with one attached hydrogen (secondary N) is 1. The Labute approximate surface area is 179 Å². The van der Waals surface area contributed by atoms with Crippen molar-refractivity contribution in [2.24, 2.45) is 7.05 Å². The molecule has 0 aliphatic rings. The summed E-state index contributed by atoms with van der Waals surface area (Å²) in [5, 5.41) is 11.2. The highest BCUT2D eigenvalue weighted by Crippen LogP contribution is 2.32. The SMILES string of the molecule is Cc1nn(C)c(C)c1NC(=O)c1cc2nc(-c3ccc(Cl)cc3)cc(C(F)(F)F)n2n1. The van der Waals surface area contributed by atoms with Crippen molar-refractivity contribution < 1.29 is 18.0 Å². The van der Waals surface area contributed by atoms with Gasteiger partial charge in [0, 0.05) is 23.7 Å². The first kappa shape index (κ1) is 20.9. The van der Waals surface area contributed by atoms with E-state index >= 15 is 0 Å². The second-order valence-electron chi connectivity index (χ2n) is 6.95. The summed E-state index contributed by atoms with van der Waals surface area (Å²) < 4.78 is 43.4. The lowest BCUT2D eigenvalue weighted by Crippen LogP contribution is -2.16. The second-order valence-corrected chi connectivity index (χ2v) is 7.39. The van der Waals surface area contributed by atoms with Gasteiger partial charge in [-0.15, -0.1) is 0 Å². The molecule has 0 spiro atoms. The number of alkyl halides is 3. The molecule has 1 aromatic carbocycles. The Morgan fingerprint density at radius 1 is 1.10 bits per heavy atom. The first-order valence-corrected chi connectivity index (χ1v) is 9.48. The smallest absolute Gasteiger partial charge is 0.317 e. The van der Waals surface area contributed by atoms with E-state index in [1.165, 1.54) is 6.07 Å². The largest absolute Gasteiger partial charge is 0.433 e. The summed E-state index contributed by atoms with van der Waals surface area (Å²) in [6.07, 6.45) is -4.71. The minimum Gasteiger partial charge on any atom is -0.317 e. The predicted molar refractivity (Wildman–Crippen MR) is 109 cm³/mol. The molecule has 0 atom stereocenters. The van der Waals surface area contributed by atoms with E-state index in [1.54, 1.807) is 49.8 Å². The quantitative estimate of drug-likeness (QED) is 0.494. The maximum absolute atomic E-state index is 13.7. The normalized spacial score (nSPS) is 11.8. The number of nitrogens with zero attached hydrogens (tertiary/aromatic N) is 5. The molecule has 3 heterocycles. The van der Waals surface area contributed by atoms with Gasteiger partial charge in [-0.1, -0.05) is 23.7 Å². The van der Waals surface area contributed by atoms with Crippen molar-refractivity contribution in [2.75, 3.05) is 5.32 Å². The van der Waals surface area contributed by atoms with Gasteiger partial charge in [0.2, 0.25) is 0 Å². The van der Waals surface area contributed by atoms with Gasteiger partial charge in [-0.05, 0) is 32.0 Å². The summed E-state index contributed by atoms with van der Waals surface area (Å²) in [6, 6.07) is 8.36. The van der Waals surface area contributed by atoms with Gasteiger partial charge >= 0.3 is 6.18 Å². The number of rotatable bonds is 3. The number of amides is 1. The van der Waals surface area contributed by atoms with Crippen LogP contribution in [0.15, 0.2) is 36.4 Å². The summed E-state index contributed by atoms with van der Waals surface area (Å²) in [4.78, 5) is 17.0. The molecular weight excluding hydrogens is 433 g/mol. The van der Waals surface area contributed by atoms with Gasteiger partial charge in [0.25, 0.3) is 5.91 Å². The van der Waals surface area contributed by atoms with Crippen LogP contribution in [-0.4, -0.2) is 30.3 Å². The fourth-order valence-corrected chi connectivity index (χ4v) is 3.31. The van der Waals surface area contributed by atoms with E-state index in [0.29, 0.717) is 32.2 Å². The molecule has 160 valence electrons. The Bertz CT molecular complexity index is 1310. The maximum atomic E-state index is 13.7. The summed E-state index contributed by atoms with van der Waals surface area (Å²) in [5.41, 5.74) is 0.947. The zero-order chi connectivity index (χ0) is 22.5. The highest BCUT2D eigenvalue weighted by atomic mass is 35.5. The number of hydrogen-bond acceptors (Lipinski definition) is 4. The number of halogens is 4. The molecule has 3 aromatic heterocycles. The molecule has 4 rings (SSSR count). The van der Waals surface area contributed by atoms with Crippen molar-refractivity contribution in [3.8, 4) is 11.3 Å². The van der Waals surface area contributed by atoms with Gasteiger partial charge in [0.05, 0.1) is 22.8 Å². The summed E-state index contributed by atoms with van der Waals surface area (Å²) in [7, 11) is 1.72. The molecule has 0 saturated carbocycles. The highest BCUT2D eigenvalue weighted by Gasteiger charge is 2.35. The van der Waals surface area contributed by atoms with E-state index in [9.17, 15) is 18.0 Å². The number of hydrogen-bond donors (Lipinski definition) is 1. The Balaban J connectivity index is 1.80. The summed E-state index contributed by atoms with van der Waals surface area (Å²) >= 11 is 5.86. The van der Waals surface area contributed by atoms with Gasteiger partial charge < -0.3 is 5.32 Å². The number of fused-ring (bicyclic) bond motifs is 1. The van der Waals surface area contributed by atoms with Crippen LogP contribution in [0.5, 0.6) is 0 Å². The first-order valence-electron chi connectivity index (χ1n) is 9.10. The van der Waals surface area contributed by atoms with E-state index in [1.807, 2.05) is 0 Å². The fourth-order valence-electron chi connectivity index (χ4n) is 3.19. The molecule has 7 nitrogen and oxygen atoms in total. The lowest BCUT2D eigenvalue weighted by molar-refractivity contribution is -0.142. The van der Waals surface area contributed by atoms with E-state index in [0.717, 1.165) is 6.07 Å². The third kappa shape index (κ3) is 3.86. The standard InChI is InChI=1S/C20H16ClF3N6O/c1-10-18(11(2)29(3)27-10)26-19(31)15-9-17-25-14(12-4-6-13(21)7-5-12)8-16(20(22,23)24)30(17)28-15/h4-9H,1-3H3,(H,26,31). The average molecular weight is 449 g/mol. The van der Waals surface area contributed by atoms with Crippen molar-refractivity contribution in [3.63, 3.8) is 0 Å². The maximum Gasteiger partial charge on any atom is 0.433 e. The number of carbonyl (C=O) groups is 1. The number of benzene rings is 1. The molecule has 0 aliphatic heterocycles. The predicted octanol–water partition coefficient (Wildman–Crippen LogP) is 4.67. The van der Waals surface area contributed by atoms with Crippen molar-refractivity contribution >= 4 is 28.8 Å². The second kappa shape index (κ2) is 7.38. The third-order valence-corrected chi connectivity index (χ3v) is 5.09. The van der Waals surface area contributed by atoms with Crippen LogP contribution in [0.25, 0.3) is 16.9 Å². The Morgan fingerprint density at radius 2 is 1.77 bits per heavy atom. The molecule has 31 heavy (non-hydrogen) atoms. The van der Waals surface area contributed by atoms with Gasteiger partial charge in [0.1, 0.15) is 0 Å². The van der Waals surface area contributed by atoms with Crippen LogP contribution in [0.4, 0.5) is 18.9 Å². The monoisotopic (exact) mass is 448 g/mol. The zero-order valence-corrected chi connectivity index (χ0v) is 17.4. The third-order valence-electron chi connectivity index (χ3n) is 4.84. The molecule has 1 amide bonds. The fraction of sp³-hybridized carbons (Fsp3) is 0.200. The molecule has 0 fully saturated rings. The van der Waals surface area contributed by atoms with E-state index in [-0.39, 0.29) is 17.0 Å². The van der Waals surface area contributed by atoms with Crippen LogP contribution in [0.1, 0.15) is 27.6 Å². The van der Waals surface area contributed by atoms with Gasteiger partial charge in [-0.3, -0.25) is 9.48 Å². The minimum atomic E-state index is -4.71. The Kier molecular flexibility index (Phi) is 4.97. The topological polar surface area (TPSA) is 77.1 Å². The van der Waals surface area contributed by atoms with Gasteiger partial charge in [-0.2, -0.15) is 23.4 Å². The van der Waals surface area contributed by atoms with Crippen molar-refractivity contribution in [1.82, 2.24) is 24.4 Å². The molecule has 11 heteroatoms. The van der Waals surface area contributed by atoms with Crippen LogP contribution in [0.2, 0.25) is 5.02 Å². The van der Waals surface area contributed by atoms with Crippen LogP contribution < -0.4 is 5.32 Å². The summed E-state index contributed by atoms with van der Waals surface area (Å²) in [5.74, 6) is -0.661. The van der Waals surface area contributed by atoms with Crippen LogP contribution in [0, 0.1) is 13.8 Å². The number of anilines is 1. The minimum absolute atomic E-state index is 0.0855. The number of aryl methyl sites for hydroxylation is 2. The number of aromatic nitrogens is 5. The first-order chi connectivity index (χ1) is 14.5. The molecule has 0 saturated heterocycles. The molecule has 0 unspecified atom stereocenters. The molecule has 0 aliphatic carbocycles. The van der Waals surface area contributed by atoms with Gasteiger partial charge in [-0.25, -0.2) is 9.50 Å². The van der Waals surface area contributed by atoms with Crippen LogP contribution in [-0.2, 0) is 13.2 Å². The summed E-state index contributed by atoms with van der Waals surface area (Å²) in [6.45, 7) is 3.48. The molecule has 1 N–H and O–H groups in total. The van der Waals surface area contributed by atoms with Crippen molar-refractivity contribution in [1.29, 1.82) is 0 Å². The van der Waals surface area contributed by atoms with E-state index in [4.69, 9.17) is 11.6 Å². The number of carbonyl (C=O) groups excluding carboxylic acids is 1. The zero-order valence-electron chi connectivity index (χ0n) is 16.6. The molecule has 0 radical (unpaired) electrons. The van der Waals surface area contributed by atoms with Crippen LogP contribution in [0.3, 0.4) is 0 Å².